The summed E-state index contributed by atoms with van der Waals surface area (Å²) in [4.78, 5) is 10.2. The highest BCUT2D eigenvalue weighted by Gasteiger charge is 2.26. The highest BCUT2D eigenvalue weighted by atomic mass is 16.7. The van der Waals surface area contributed by atoms with Crippen molar-refractivity contribution in [2.45, 2.75) is 31.7 Å². The number of nitrogens with zero attached hydrogens (tertiary/aromatic N) is 1. The molecule has 1 aromatic rings. The molecule has 6 heteroatoms. The fourth-order valence-electron chi connectivity index (χ4n) is 1.81. The lowest BCUT2D eigenvalue weighted by molar-refractivity contribution is -0.496. The van der Waals surface area contributed by atoms with Gasteiger partial charge in [0.05, 0.1) is 6.26 Å². The van der Waals surface area contributed by atoms with Gasteiger partial charge in [0.25, 0.3) is 0 Å². The molecule has 94 valence electrons. The van der Waals surface area contributed by atoms with Crippen molar-refractivity contribution >= 4 is 0 Å². The molecule has 0 aromatic carbocycles. The molecule has 0 radical (unpaired) electrons. The first-order chi connectivity index (χ1) is 8.25. The van der Waals surface area contributed by atoms with Crippen LogP contribution in [0.25, 0.3) is 0 Å². The van der Waals surface area contributed by atoms with Crippen molar-refractivity contribution in [1.82, 2.24) is 0 Å². The lowest BCUT2D eigenvalue weighted by Gasteiger charge is -2.25. The van der Waals surface area contributed by atoms with E-state index in [1.165, 1.54) is 6.26 Å². The third-order valence-corrected chi connectivity index (χ3v) is 2.63. The second kappa shape index (κ2) is 5.79. The van der Waals surface area contributed by atoms with Crippen LogP contribution in [0.3, 0.4) is 0 Å². The molecule has 1 fully saturated rings. The van der Waals surface area contributed by atoms with E-state index in [-0.39, 0.29) is 12.8 Å². The molecular weight excluding hydrogens is 226 g/mol. The Morgan fingerprint density at radius 3 is 3.06 bits per heavy atom. The van der Waals surface area contributed by atoms with Crippen LogP contribution >= 0.6 is 0 Å². The highest BCUT2D eigenvalue weighted by molar-refractivity contribution is 5.02. The van der Waals surface area contributed by atoms with Gasteiger partial charge in [0, 0.05) is 11.5 Å². The van der Waals surface area contributed by atoms with Crippen LogP contribution in [0.1, 0.15) is 31.1 Å². The second-order valence-corrected chi connectivity index (χ2v) is 3.95. The molecule has 0 aliphatic carbocycles. The van der Waals surface area contributed by atoms with Crippen LogP contribution in [-0.4, -0.2) is 24.4 Å². The van der Waals surface area contributed by atoms with E-state index in [4.69, 9.17) is 13.9 Å². The smallest absolute Gasteiger partial charge is 0.237 e. The molecule has 1 aliphatic heterocycles. The fraction of sp³-hybridized carbons (Fsp3) is 0.636. The predicted octanol–water partition coefficient (Wildman–Crippen LogP) is 2.14. The minimum Gasteiger partial charge on any atom is -0.466 e. The van der Waals surface area contributed by atoms with Crippen LogP contribution < -0.4 is 0 Å². The van der Waals surface area contributed by atoms with Gasteiger partial charge in [-0.1, -0.05) is 0 Å². The maximum atomic E-state index is 10.6. The van der Waals surface area contributed by atoms with Crippen LogP contribution in [0, 0.1) is 10.1 Å². The van der Waals surface area contributed by atoms with E-state index in [2.05, 4.69) is 0 Å². The summed E-state index contributed by atoms with van der Waals surface area (Å²) in [7, 11) is 0. The molecule has 1 saturated heterocycles. The molecule has 0 N–H and O–H groups in total. The summed E-state index contributed by atoms with van der Waals surface area (Å²) in [5, 5.41) is 10.6. The summed E-state index contributed by atoms with van der Waals surface area (Å²) in [6, 6.07) is 3.37. The number of hydrogen-bond acceptors (Lipinski definition) is 5. The normalized spacial score (nSPS) is 22.2. The van der Waals surface area contributed by atoms with Crippen molar-refractivity contribution in [3.63, 3.8) is 0 Å². The maximum Gasteiger partial charge on any atom is 0.237 e. The van der Waals surface area contributed by atoms with Gasteiger partial charge in [-0.2, -0.15) is 0 Å². The molecule has 17 heavy (non-hydrogen) atoms. The van der Waals surface area contributed by atoms with Gasteiger partial charge in [-0.05, 0) is 31.4 Å². The molecule has 1 aromatic heterocycles. The van der Waals surface area contributed by atoms with Crippen molar-refractivity contribution in [1.29, 1.82) is 0 Å². The minimum absolute atomic E-state index is 0.312. The highest BCUT2D eigenvalue weighted by Crippen LogP contribution is 2.24. The third-order valence-electron chi connectivity index (χ3n) is 2.63. The van der Waals surface area contributed by atoms with Gasteiger partial charge in [-0.3, -0.25) is 10.1 Å². The Balaban J connectivity index is 1.97. The number of hydrogen-bond donors (Lipinski definition) is 0. The van der Waals surface area contributed by atoms with Gasteiger partial charge in [-0.25, -0.2) is 0 Å². The second-order valence-electron chi connectivity index (χ2n) is 3.95. The van der Waals surface area contributed by atoms with Crippen molar-refractivity contribution in [3.05, 3.63) is 34.3 Å². The third kappa shape index (κ3) is 3.54. The van der Waals surface area contributed by atoms with Gasteiger partial charge in [0.15, 0.2) is 12.4 Å². The van der Waals surface area contributed by atoms with Crippen LogP contribution in [0.4, 0.5) is 0 Å². The Kier molecular flexibility index (Phi) is 4.11. The first kappa shape index (κ1) is 12.1. The molecule has 2 heterocycles. The Hall–Kier alpha value is -1.40. The lowest BCUT2D eigenvalue weighted by Crippen LogP contribution is -2.27. The molecule has 0 spiro atoms. The minimum atomic E-state index is -0.678. The van der Waals surface area contributed by atoms with Crippen molar-refractivity contribution in [2.24, 2.45) is 0 Å². The molecule has 2 atom stereocenters. The average Bonchev–Trinajstić information content (AvgIpc) is 2.82. The van der Waals surface area contributed by atoms with Gasteiger partial charge in [0.1, 0.15) is 5.76 Å². The molecule has 1 aliphatic rings. The quantitative estimate of drug-likeness (QED) is 0.583. The summed E-state index contributed by atoms with van der Waals surface area (Å²) in [6.45, 7) is 0.335. The molecule has 0 bridgehead atoms. The zero-order chi connectivity index (χ0) is 12.1. The summed E-state index contributed by atoms with van der Waals surface area (Å²) >= 11 is 0. The van der Waals surface area contributed by atoms with E-state index in [1.807, 2.05) is 0 Å². The average molecular weight is 241 g/mol. The van der Waals surface area contributed by atoms with E-state index < -0.39 is 11.0 Å². The van der Waals surface area contributed by atoms with E-state index in [1.54, 1.807) is 12.1 Å². The van der Waals surface area contributed by atoms with Crippen molar-refractivity contribution in [3.8, 4) is 0 Å². The fourth-order valence-corrected chi connectivity index (χ4v) is 1.81. The Labute approximate surface area is 98.7 Å². The van der Waals surface area contributed by atoms with E-state index in [0.29, 0.717) is 12.4 Å². The summed E-state index contributed by atoms with van der Waals surface area (Å²) in [5.41, 5.74) is 0. The first-order valence-electron chi connectivity index (χ1n) is 5.68. The summed E-state index contributed by atoms with van der Waals surface area (Å²) in [6.07, 6.45) is 3.25. The van der Waals surface area contributed by atoms with Gasteiger partial charge < -0.3 is 13.9 Å². The number of rotatable bonds is 5. The molecule has 0 amide bonds. The number of furan rings is 1. The molecule has 2 unspecified atom stereocenters. The number of ether oxygens (including phenoxy) is 2. The van der Waals surface area contributed by atoms with Crippen LogP contribution in [0.15, 0.2) is 22.8 Å². The molecule has 6 nitrogen and oxygen atoms in total. The molecular formula is C11H15NO5. The monoisotopic (exact) mass is 241 g/mol. The predicted molar refractivity (Wildman–Crippen MR) is 58.0 cm³/mol. The van der Waals surface area contributed by atoms with Gasteiger partial charge >= 0.3 is 0 Å². The molecule has 0 saturated carbocycles. The van der Waals surface area contributed by atoms with Crippen molar-refractivity contribution < 1.29 is 18.8 Å². The van der Waals surface area contributed by atoms with Crippen LogP contribution in [0.2, 0.25) is 0 Å². The molecule has 2 rings (SSSR count). The Bertz CT molecular complexity index is 345. The van der Waals surface area contributed by atoms with Crippen molar-refractivity contribution in [2.75, 3.05) is 13.2 Å². The van der Waals surface area contributed by atoms with E-state index in [0.717, 1.165) is 19.3 Å². The van der Waals surface area contributed by atoms with Gasteiger partial charge in [0.2, 0.25) is 6.54 Å². The SMILES string of the molecule is O=[N+]([O-])CC(OC1CCCCO1)c1ccco1. The lowest BCUT2D eigenvalue weighted by atomic mass is 10.2. The number of nitro groups is 1. The van der Waals surface area contributed by atoms with E-state index in [9.17, 15) is 10.1 Å². The van der Waals surface area contributed by atoms with Crippen LogP contribution in [-0.2, 0) is 9.47 Å². The Morgan fingerprint density at radius 1 is 1.59 bits per heavy atom. The van der Waals surface area contributed by atoms with Crippen LogP contribution in [0.5, 0.6) is 0 Å². The summed E-state index contributed by atoms with van der Waals surface area (Å²) in [5.74, 6) is 0.468. The summed E-state index contributed by atoms with van der Waals surface area (Å²) < 4.78 is 16.1. The largest absolute Gasteiger partial charge is 0.466 e. The maximum absolute atomic E-state index is 10.6. The van der Waals surface area contributed by atoms with E-state index >= 15 is 0 Å². The Morgan fingerprint density at radius 2 is 2.47 bits per heavy atom. The topological polar surface area (TPSA) is 74.7 Å². The zero-order valence-electron chi connectivity index (χ0n) is 9.41. The standard InChI is InChI=1S/C11H15NO5/c13-12(14)8-10(9-4-3-7-15-9)17-11-5-1-2-6-16-11/h3-4,7,10-11H,1-2,5-6,8H2. The van der Waals surface area contributed by atoms with Gasteiger partial charge in [-0.15, -0.1) is 0 Å². The first-order valence-corrected chi connectivity index (χ1v) is 5.68. The zero-order valence-corrected chi connectivity index (χ0v) is 9.41.